The second-order valence-electron chi connectivity index (χ2n) is 4.81. The molecule has 0 atom stereocenters. The van der Waals surface area contributed by atoms with Gasteiger partial charge in [-0.05, 0) is 46.5 Å². The summed E-state index contributed by atoms with van der Waals surface area (Å²) in [5.41, 5.74) is 10.4. The molecule has 1 aromatic carbocycles. The largest absolute Gasteiger partial charge is 0.383 e. The zero-order valence-corrected chi connectivity index (χ0v) is 13.5. The summed E-state index contributed by atoms with van der Waals surface area (Å²) < 4.78 is 5.84. The van der Waals surface area contributed by atoms with Gasteiger partial charge in [0, 0.05) is 13.5 Å². The summed E-state index contributed by atoms with van der Waals surface area (Å²) in [4.78, 5) is 8.83. The molecule has 0 amide bonds. The van der Waals surface area contributed by atoms with Crippen LogP contribution in [-0.2, 0) is 17.8 Å². The number of benzene rings is 1. The molecular weight excluding hydrogens is 318 g/mol. The first-order valence-corrected chi connectivity index (χ1v) is 7.16. The number of aryl methyl sites for hydroxylation is 2. The fourth-order valence-corrected chi connectivity index (χ4v) is 2.27. The van der Waals surface area contributed by atoms with Crippen LogP contribution in [0.15, 0.2) is 22.7 Å². The van der Waals surface area contributed by atoms with Crippen LogP contribution < -0.4 is 5.73 Å². The molecule has 0 radical (unpaired) electrons. The Morgan fingerprint density at radius 1 is 1.20 bits per heavy atom. The molecule has 20 heavy (non-hydrogen) atoms. The Kier molecular flexibility index (Phi) is 4.73. The third-order valence-corrected chi connectivity index (χ3v) is 4.07. The van der Waals surface area contributed by atoms with Crippen LogP contribution in [0, 0.1) is 13.8 Å². The lowest BCUT2D eigenvalue weighted by Crippen LogP contribution is -2.07. The molecule has 4 nitrogen and oxygen atoms in total. The van der Waals surface area contributed by atoms with Crippen molar-refractivity contribution in [3.05, 3.63) is 50.9 Å². The van der Waals surface area contributed by atoms with E-state index in [1.165, 1.54) is 16.7 Å². The fourth-order valence-electron chi connectivity index (χ4n) is 1.97. The Morgan fingerprint density at radius 2 is 1.95 bits per heavy atom. The third kappa shape index (κ3) is 3.35. The average molecular weight is 336 g/mol. The van der Waals surface area contributed by atoms with Crippen molar-refractivity contribution < 1.29 is 4.74 Å². The molecule has 0 unspecified atom stereocenters. The van der Waals surface area contributed by atoms with Crippen LogP contribution in [0.3, 0.4) is 0 Å². The number of halogens is 1. The number of methoxy groups -OCH3 is 1. The number of nitrogens with two attached hydrogens (primary N) is 1. The quantitative estimate of drug-likeness (QED) is 0.932. The minimum Gasteiger partial charge on any atom is -0.383 e. The van der Waals surface area contributed by atoms with Gasteiger partial charge >= 0.3 is 0 Å². The molecule has 5 heteroatoms. The van der Waals surface area contributed by atoms with E-state index >= 15 is 0 Å². The number of hydrogen-bond donors (Lipinski definition) is 1. The monoisotopic (exact) mass is 335 g/mol. The Morgan fingerprint density at radius 3 is 2.60 bits per heavy atom. The van der Waals surface area contributed by atoms with E-state index in [9.17, 15) is 0 Å². The van der Waals surface area contributed by atoms with Gasteiger partial charge in [-0.25, -0.2) is 9.97 Å². The second kappa shape index (κ2) is 6.33. The van der Waals surface area contributed by atoms with Crippen molar-refractivity contribution in [2.45, 2.75) is 26.9 Å². The first-order chi connectivity index (χ1) is 9.51. The molecule has 0 saturated carbocycles. The molecule has 106 valence electrons. The first-order valence-electron chi connectivity index (χ1n) is 6.37. The second-order valence-corrected chi connectivity index (χ2v) is 5.61. The normalized spacial score (nSPS) is 10.8. The molecule has 0 bridgehead atoms. The van der Waals surface area contributed by atoms with Crippen LogP contribution in [0.25, 0.3) is 0 Å². The molecule has 0 aliphatic rings. The van der Waals surface area contributed by atoms with Crippen LogP contribution in [0.5, 0.6) is 0 Å². The maximum atomic E-state index is 5.91. The van der Waals surface area contributed by atoms with Gasteiger partial charge in [-0.3, -0.25) is 0 Å². The predicted molar refractivity (Wildman–Crippen MR) is 83.6 cm³/mol. The summed E-state index contributed by atoms with van der Waals surface area (Å²) in [6, 6.07) is 6.37. The van der Waals surface area contributed by atoms with E-state index in [0.29, 0.717) is 29.1 Å². The Labute approximate surface area is 127 Å². The van der Waals surface area contributed by atoms with Gasteiger partial charge in [-0.1, -0.05) is 18.2 Å². The lowest BCUT2D eigenvalue weighted by atomic mass is 10.0. The van der Waals surface area contributed by atoms with Crippen LogP contribution >= 0.6 is 15.9 Å². The highest BCUT2D eigenvalue weighted by Gasteiger charge is 2.10. The number of ether oxygens (including phenoxy) is 1. The first kappa shape index (κ1) is 14.9. The number of nitrogens with zero attached hydrogens (tertiary/aromatic N) is 2. The Balaban J connectivity index is 2.31. The molecule has 2 rings (SSSR count). The van der Waals surface area contributed by atoms with E-state index in [2.05, 4.69) is 57.9 Å². The number of nitrogen functional groups attached to an aromatic ring is 1. The highest BCUT2D eigenvalue weighted by Crippen LogP contribution is 2.22. The number of hydrogen-bond acceptors (Lipinski definition) is 4. The van der Waals surface area contributed by atoms with Gasteiger partial charge in [0.05, 0.1) is 16.8 Å². The summed E-state index contributed by atoms with van der Waals surface area (Å²) in [6.45, 7) is 4.61. The maximum absolute atomic E-state index is 5.91. The molecule has 0 fully saturated rings. The summed E-state index contributed by atoms with van der Waals surface area (Å²) in [5, 5.41) is 0. The SMILES string of the molecule is COCc1nc(Cc2ccc(C)c(C)c2)nc(N)c1Br. The van der Waals surface area contributed by atoms with Gasteiger partial charge in [0.25, 0.3) is 0 Å². The molecular formula is C15H18BrN3O. The van der Waals surface area contributed by atoms with Crippen molar-refractivity contribution in [2.75, 3.05) is 12.8 Å². The van der Waals surface area contributed by atoms with E-state index in [1.54, 1.807) is 7.11 Å². The molecule has 2 aromatic rings. The van der Waals surface area contributed by atoms with Gasteiger partial charge in [0.2, 0.25) is 0 Å². The van der Waals surface area contributed by atoms with Crippen molar-refractivity contribution in [1.82, 2.24) is 9.97 Å². The van der Waals surface area contributed by atoms with Crippen molar-refractivity contribution in [2.24, 2.45) is 0 Å². The lowest BCUT2D eigenvalue weighted by Gasteiger charge is -2.09. The van der Waals surface area contributed by atoms with Gasteiger partial charge in [0.1, 0.15) is 11.6 Å². The fraction of sp³-hybridized carbons (Fsp3) is 0.333. The van der Waals surface area contributed by atoms with E-state index in [0.717, 1.165) is 5.69 Å². The molecule has 0 spiro atoms. The van der Waals surface area contributed by atoms with E-state index in [4.69, 9.17) is 10.5 Å². The Hall–Kier alpha value is -1.46. The summed E-state index contributed by atoms with van der Waals surface area (Å²) >= 11 is 3.39. The van der Waals surface area contributed by atoms with Crippen LogP contribution in [0.4, 0.5) is 5.82 Å². The lowest BCUT2D eigenvalue weighted by molar-refractivity contribution is 0.180. The van der Waals surface area contributed by atoms with Crippen molar-refractivity contribution in [1.29, 1.82) is 0 Å². The number of anilines is 1. The molecule has 1 heterocycles. The Bertz CT molecular complexity index is 629. The van der Waals surface area contributed by atoms with E-state index < -0.39 is 0 Å². The maximum Gasteiger partial charge on any atom is 0.141 e. The minimum absolute atomic E-state index is 0.410. The standard InChI is InChI=1S/C15H18BrN3O/c1-9-4-5-11(6-10(9)2)7-13-18-12(8-20-3)14(16)15(17)19-13/h4-6H,7-8H2,1-3H3,(H2,17,18,19). The highest BCUT2D eigenvalue weighted by atomic mass is 79.9. The number of rotatable bonds is 4. The summed E-state index contributed by atoms with van der Waals surface area (Å²) in [6.07, 6.45) is 0.662. The van der Waals surface area contributed by atoms with Crippen LogP contribution in [-0.4, -0.2) is 17.1 Å². The van der Waals surface area contributed by atoms with Crippen molar-refractivity contribution in [3.63, 3.8) is 0 Å². The summed E-state index contributed by atoms with van der Waals surface area (Å²) in [7, 11) is 1.63. The molecule has 0 saturated heterocycles. The minimum atomic E-state index is 0.410. The zero-order valence-electron chi connectivity index (χ0n) is 11.9. The van der Waals surface area contributed by atoms with Crippen LogP contribution in [0.1, 0.15) is 28.2 Å². The van der Waals surface area contributed by atoms with Crippen LogP contribution in [0.2, 0.25) is 0 Å². The number of aromatic nitrogens is 2. The van der Waals surface area contributed by atoms with E-state index in [-0.39, 0.29) is 0 Å². The topological polar surface area (TPSA) is 61.0 Å². The molecule has 0 aliphatic carbocycles. The van der Waals surface area contributed by atoms with Gasteiger partial charge in [-0.15, -0.1) is 0 Å². The van der Waals surface area contributed by atoms with Crippen molar-refractivity contribution >= 4 is 21.7 Å². The molecule has 2 N–H and O–H groups in total. The smallest absolute Gasteiger partial charge is 0.141 e. The van der Waals surface area contributed by atoms with Gasteiger partial charge in [0.15, 0.2) is 0 Å². The predicted octanol–water partition coefficient (Wildman–Crippen LogP) is 3.18. The molecule has 1 aromatic heterocycles. The van der Waals surface area contributed by atoms with Gasteiger partial charge in [-0.2, -0.15) is 0 Å². The average Bonchev–Trinajstić information content (AvgIpc) is 2.40. The van der Waals surface area contributed by atoms with Gasteiger partial charge < -0.3 is 10.5 Å². The summed E-state index contributed by atoms with van der Waals surface area (Å²) in [5.74, 6) is 1.16. The third-order valence-electron chi connectivity index (χ3n) is 3.21. The molecule has 0 aliphatic heterocycles. The zero-order chi connectivity index (χ0) is 14.7. The van der Waals surface area contributed by atoms with Crippen molar-refractivity contribution in [3.8, 4) is 0 Å². The highest BCUT2D eigenvalue weighted by molar-refractivity contribution is 9.10. The van der Waals surface area contributed by atoms with E-state index in [1.807, 2.05) is 0 Å².